The number of ketones is 1. The zero-order chi connectivity index (χ0) is 22.8. The lowest BCUT2D eigenvalue weighted by molar-refractivity contribution is -0.125. The van der Waals surface area contributed by atoms with Gasteiger partial charge in [0.25, 0.3) is 11.5 Å². The number of aryl methyl sites for hydroxylation is 2. The van der Waals surface area contributed by atoms with Gasteiger partial charge in [-0.1, -0.05) is 5.16 Å². The van der Waals surface area contributed by atoms with Gasteiger partial charge in [0.2, 0.25) is 5.91 Å². The Bertz CT molecular complexity index is 1170. The third-order valence-corrected chi connectivity index (χ3v) is 6.02. The largest absolute Gasteiger partial charge is 0.361 e. The minimum Gasteiger partial charge on any atom is -0.361 e. The van der Waals surface area contributed by atoms with Gasteiger partial charge in [0.05, 0.1) is 6.07 Å². The van der Waals surface area contributed by atoms with E-state index in [1.807, 2.05) is 0 Å². The van der Waals surface area contributed by atoms with E-state index >= 15 is 0 Å². The van der Waals surface area contributed by atoms with Crippen LogP contribution in [-0.4, -0.2) is 33.4 Å². The summed E-state index contributed by atoms with van der Waals surface area (Å²) in [5.41, 5.74) is 0.227. The van der Waals surface area contributed by atoms with E-state index < -0.39 is 29.5 Å². The molecule has 1 saturated carbocycles. The first-order chi connectivity index (χ1) is 15.4. The van der Waals surface area contributed by atoms with Crippen LogP contribution in [0.2, 0.25) is 0 Å². The van der Waals surface area contributed by atoms with Gasteiger partial charge >= 0.3 is 0 Å². The van der Waals surface area contributed by atoms with Gasteiger partial charge in [0, 0.05) is 24.1 Å². The first-order valence-electron chi connectivity index (χ1n) is 10.6. The smallest absolute Gasteiger partial charge is 0.278 e. The topological polar surface area (TPSA) is 147 Å². The molecule has 0 bridgehead atoms. The van der Waals surface area contributed by atoms with Gasteiger partial charge in [0.15, 0.2) is 5.69 Å². The summed E-state index contributed by atoms with van der Waals surface area (Å²) < 4.78 is 6.24. The molecule has 0 spiro atoms. The second kappa shape index (κ2) is 8.78. The highest BCUT2D eigenvalue weighted by molar-refractivity contribution is 6.02. The highest BCUT2D eigenvalue weighted by Gasteiger charge is 2.33. The lowest BCUT2D eigenvalue weighted by atomic mass is 9.98. The van der Waals surface area contributed by atoms with Crippen molar-refractivity contribution in [1.29, 1.82) is 5.26 Å². The number of amides is 2. The summed E-state index contributed by atoms with van der Waals surface area (Å²) in [7, 11) is 0. The van der Waals surface area contributed by atoms with E-state index in [2.05, 4.69) is 21.9 Å². The van der Waals surface area contributed by atoms with Gasteiger partial charge in [-0.15, -0.1) is 0 Å². The molecule has 2 amide bonds. The Morgan fingerprint density at radius 1 is 1.31 bits per heavy atom. The normalized spacial score (nSPS) is 20.4. The zero-order valence-corrected chi connectivity index (χ0v) is 17.6. The fraction of sp³-hybridized carbons (Fsp3) is 0.455. The number of hydrogen-bond donors (Lipinski definition) is 2. The van der Waals surface area contributed by atoms with Gasteiger partial charge < -0.3 is 15.2 Å². The van der Waals surface area contributed by atoms with Crippen molar-refractivity contribution in [2.75, 3.05) is 5.32 Å². The van der Waals surface area contributed by atoms with E-state index in [0.717, 1.165) is 12.8 Å². The number of hydrogen-bond acceptors (Lipinski definition) is 7. The van der Waals surface area contributed by atoms with Crippen LogP contribution in [0.4, 0.5) is 5.69 Å². The summed E-state index contributed by atoms with van der Waals surface area (Å²) in [6.07, 6.45) is 3.26. The van der Waals surface area contributed by atoms with E-state index in [1.165, 1.54) is 16.7 Å². The van der Waals surface area contributed by atoms with E-state index in [0.29, 0.717) is 30.7 Å². The van der Waals surface area contributed by atoms with Crippen molar-refractivity contribution in [2.24, 2.45) is 5.92 Å². The number of nitrogens with one attached hydrogen (secondary N) is 2. The highest BCUT2D eigenvalue weighted by atomic mass is 16.5. The Kier molecular flexibility index (Phi) is 5.90. The number of aromatic nitrogens is 2. The molecule has 1 aliphatic heterocycles. The number of Topliss-reactive ketones (excluding diaryl/α,β-unsaturated/α-hetero) is 1. The Hall–Kier alpha value is -3.74. The SMILES string of the molecule is Cc1cc(C(=O)Nc2ccc3n(c2=O)[C@H](C(=O)N[C@H](C#N)C[C@@H]2CCCC2=O)CC3)no1. The molecule has 32 heavy (non-hydrogen) atoms. The molecule has 0 saturated heterocycles. The quantitative estimate of drug-likeness (QED) is 0.698. The number of pyridine rings is 1. The van der Waals surface area contributed by atoms with Crippen LogP contribution < -0.4 is 16.2 Å². The molecule has 2 N–H and O–H groups in total. The molecule has 0 unspecified atom stereocenters. The first kappa shape index (κ1) is 21.5. The Morgan fingerprint density at radius 2 is 2.12 bits per heavy atom. The maximum absolute atomic E-state index is 13.0. The number of carbonyl (C=O) groups excluding carboxylic acids is 3. The third kappa shape index (κ3) is 4.19. The highest BCUT2D eigenvalue weighted by Crippen LogP contribution is 2.27. The van der Waals surface area contributed by atoms with Gasteiger partial charge in [0.1, 0.15) is 29.3 Å². The predicted octanol–water partition coefficient (Wildman–Crippen LogP) is 1.65. The Labute approximate surface area is 183 Å². The number of nitriles is 1. The summed E-state index contributed by atoms with van der Waals surface area (Å²) in [6, 6.07) is 5.11. The molecular weight excluding hydrogens is 414 g/mol. The molecular formula is C22H23N5O5. The number of carbonyl (C=O) groups is 3. The number of fused-ring (bicyclic) bond motifs is 1. The summed E-state index contributed by atoms with van der Waals surface area (Å²) >= 11 is 0. The minimum absolute atomic E-state index is 0.0208. The summed E-state index contributed by atoms with van der Waals surface area (Å²) in [4.78, 5) is 50.2. The molecule has 2 aliphatic rings. The van der Waals surface area contributed by atoms with Crippen LogP contribution in [0, 0.1) is 24.2 Å². The van der Waals surface area contributed by atoms with E-state index in [4.69, 9.17) is 4.52 Å². The Balaban J connectivity index is 1.49. The van der Waals surface area contributed by atoms with Crippen molar-refractivity contribution >= 4 is 23.3 Å². The fourth-order valence-corrected chi connectivity index (χ4v) is 4.39. The summed E-state index contributed by atoms with van der Waals surface area (Å²) in [5.74, 6) is -0.656. The molecule has 2 aromatic rings. The van der Waals surface area contributed by atoms with Gasteiger partial charge in [-0.25, -0.2) is 0 Å². The predicted molar refractivity (Wildman–Crippen MR) is 112 cm³/mol. The lowest BCUT2D eigenvalue weighted by Crippen LogP contribution is -2.42. The van der Waals surface area contributed by atoms with Gasteiger partial charge in [-0.05, 0) is 51.2 Å². The van der Waals surface area contributed by atoms with E-state index in [1.54, 1.807) is 13.0 Å². The van der Waals surface area contributed by atoms with Crippen molar-refractivity contribution in [2.45, 2.75) is 57.5 Å². The van der Waals surface area contributed by atoms with Crippen LogP contribution in [0.15, 0.2) is 27.5 Å². The molecule has 3 heterocycles. The molecule has 2 aromatic heterocycles. The average Bonchev–Trinajstić information content (AvgIpc) is 3.50. The molecule has 1 fully saturated rings. The van der Waals surface area contributed by atoms with Crippen LogP contribution in [0.5, 0.6) is 0 Å². The Morgan fingerprint density at radius 3 is 2.78 bits per heavy atom. The lowest BCUT2D eigenvalue weighted by Gasteiger charge is -2.19. The van der Waals surface area contributed by atoms with Crippen LogP contribution in [0.25, 0.3) is 0 Å². The third-order valence-electron chi connectivity index (χ3n) is 6.02. The average molecular weight is 437 g/mol. The van der Waals surface area contributed by atoms with Crippen LogP contribution >= 0.6 is 0 Å². The molecule has 166 valence electrons. The van der Waals surface area contributed by atoms with Crippen molar-refractivity contribution in [3.63, 3.8) is 0 Å². The molecule has 10 heteroatoms. The second-order valence-electron chi connectivity index (χ2n) is 8.23. The summed E-state index contributed by atoms with van der Waals surface area (Å²) in [6.45, 7) is 1.65. The maximum atomic E-state index is 13.0. The van der Waals surface area contributed by atoms with Crippen molar-refractivity contribution in [3.8, 4) is 6.07 Å². The van der Waals surface area contributed by atoms with Crippen LogP contribution in [0.1, 0.15) is 60.1 Å². The van der Waals surface area contributed by atoms with Crippen LogP contribution in [-0.2, 0) is 16.0 Å². The molecule has 4 rings (SSSR count). The number of anilines is 1. The van der Waals surface area contributed by atoms with E-state index in [-0.39, 0.29) is 29.5 Å². The monoisotopic (exact) mass is 437 g/mol. The van der Waals surface area contributed by atoms with Crippen molar-refractivity contribution in [1.82, 2.24) is 15.0 Å². The van der Waals surface area contributed by atoms with Crippen molar-refractivity contribution in [3.05, 3.63) is 45.7 Å². The second-order valence-corrected chi connectivity index (χ2v) is 8.23. The van der Waals surface area contributed by atoms with Gasteiger partial charge in [-0.3, -0.25) is 23.7 Å². The van der Waals surface area contributed by atoms with Gasteiger partial charge in [-0.2, -0.15) is 5.26 Å². The first-order valence-corrected chi connectivity index (χ1v) is 10.6. The fourth-order valence-electron chi connectivity index (χ4n) is 4.39. The molecule has 0 radical (unpaired) electrons. The number of rotatable bonds is 6. The molecule has 1 aliphatic carbocycles. The summed E-state index contributed by atoms with van der Waals surface area (Å²) in [5, 5.41) is 18.3. The molecule has 10 nitrogen and oxygen atoms in total. The maximum Gasteiger partial charge on any atom is 0.278 e. The number of nitrogens with zero attached hydrogens (tertiary/aromatic N) is 3. The van der Waals surface area contributed by atoms with E-state index in [9.17, 15) is 24.4 Å². The zero-order valence-electron chi connectivity index (χ0n) is 17.6. The molecule has 3 atom stereocenters. The molecule has 0 aromatic carbocycles. The standard InChI is InChI=1S/C22H23N5O5/c1-12-9-17(26-32-12)20(29)25-16-7-5-15-6-8-18(27(15)22(16)31)21(30)24-14(11-23)10-13-3-2-4-19(13)28/h5,7,9,13-14,18H,2-4,6,8,10H2,1H3,(H,24,30)(H,25,29)/t13-,14-,18-/m0/s1. The van der Waals surface area contributed by atoms with Crippen LogP contribution in [0.3, 0.4) is 0 Å². The minimum atomic E-state index is -0.799. The van der Waals surface area contributed by atoms with Crippen molar-refractivity contribution < 1.29 is 18.9 Å².